The largest absolute Gasteiger partial charge is 0.237 e. The van der Waals surface area contributed by atoms with Gasteiger partial charge in [-0.2, -0.15) is 5.26 Å². The Balaban J connectivity index is 0.000000461. The molecule has 2 nitrogen and oxygen atoms in total. The van der Waals surface area contributed by atoms with Crippen LogP contribution in [-0.2, 0) is 0 Å². The molecule has 2 heteroatoms. The minimum atomic E-state index is 0.466. The fraction of sp³-hybridized carbons (Fsp3) is 0. The molecule has 0 saturated carbocycles. The topological polar surface area (TPSA) is 36.7 Å². The molecule has 0 fully saturated rings. The molecule has 1 aromatic carbocycles. The van der Waals surface area contributed by atoms with Gasteiger partial charge in [0.1, 0.15) is 11.8 Å². The number of benzene rings is 1. The normalized spacial score (nSPS) is 8.50. The van der Waals surface area contributed by atoms with E-state index >= 15 is 0 Å². The SMILES string of the molecule is C=C.N#Cc1ccc2ccccc2n1. The maximum atomic E-state index is 8.58. The van der Waals surface area contributed by atoms with Gasteiger partial charge >= 0.3 is 0 Å². The van der Waals surface area contributed by atoms with E-state index in [-0.39, 0.29) is 0 Å². The third-order valence-corrected chi connectivity index (χ3v) is 1.71. The lowest BCUT2D eigenvalue weighted by Gasteiger charge is -1.94. The second kappa shape index (κ2) is 4.78. The van der Waals surface area contributed by atoms with Gasteiger partial charge in [-0.25, -0.2) is 4.98 Å². The fourth-order valence-corrected chi connectivity index (χ4v) is 1.13. The third kappa shape index (κ3) is 1.96. The first-order chi connectivity index (χ1) is 6.90. The minimum absolute atomic E-state index is 0.466. The van der Waals surface area contributed by atoms with Crippen molar-refractivity contribution in [3.8, 4) is 6.07 Å². The van der Waals surface area contributed by atoms with Gasteiger partial charge in [-0.1, -0.05) is 18.2 Å². The highest BCUT2D eigenvalue weighted by Gasteiger charge is 1.94. The average Bonchev–Trinajstić information content (AvgIpc) is 2.31. The molecule has 0 spiro atoms. The summed E-state index contributed by atoms with van der Waals surface area (Å²) < 4.78 is 0. The molecule has 0 N–H and O–H groups in total. The van der Waals surface area contributed by atoms with Gasteiger partial charge in [0.15, 0.2) is 0 Å². The summed E-state index contributed by atoms with van der Waals surface area (Å²) in [4.78, 5) is 4.13. The van der Waals surface area contributed by atoms with Crippen LogP contribution in [0.15, 0.2) is 49.6 Å². The Morgan fingerprint density at radius 3 is 2.50 bits per heavy atom. The smallest absolute Gasteiger partial charge is 0.141 e. The molecule has 0 atom stereocenters. The molecule has 14 heavy (non-hydrogen) atoms. The van der Waals surface area contributed by atoms with Crippen LogP contribution in [0.5, 0.6) is 0 Å². The van der Waals surface area contributed by atoms with E-state index in [1.165, 1.54) is 0 Å². The lowest BCUT2D eigenvalue weighted by atomic mass is 10.2. The van der Waals surface area contributed by atoms with E-state index in [1.807, 2.05) is 36.4 Å². The number of aromatic nitrogens is 1. The van der Waals surface area contributed by atoms with Gasteiger partial charge < -0.3 is 0 Å². The van der Waals surface area contributed by atoms with E-state index in [2.05, 4.69) is 18.1 Å². The summed E-state index contributed by atoms with van der Waals surface area (Å²) in [5.74, 6) is 0. The van der Waals surface area contributed by atoms with Crippen LogP contribution in [0.2, 0.25) is 0 Å². The maximum Gasteiger partial charge on any atom is 0.141 e. The van der Waals surface area contributed by atoms with Crippen molar-refractivity contribution in [3.63, 3.8) is 0 Å². The summed E-state index contributed by atoms with van der Waals surface area (Å²) in [7, 11) is 0. The van der Waals surface area contributed by atoms with Crippen LogP contribution >= 0.6 is 0 Å². The number of rotatable bonds is 0. The zero-order valence-electron chi connectivity index (χ0n) is 7.77. The van der Waals surface area contributed by atoms with Crippen molar-refractivity contribution in [2.45, 2.75) is 0 Å². The molecule has 0 amide bonds. The van der Waals surface area contributed by atoms with Gasteiger partial charge in [-0.15, -0.1) is 13.2 Å². The second-order valence-electron chi connectivity index (χ2n) is 2.50. The summed E-state index contributed by atoms with van der Waals surface area (Å²) in [5.41, 5.74) is 1.34. The molecule has 0 bridgehead atoms. The van der Waals surface area contributed by atoms with Gasteiger partial charge in [0.25, 0.3) is 0 Å². The monoisotopic (exact) mass is 182 g/mol. The van der Waals surface area contributed by atoms with Gasteiger partial charge in [0.05, 0.1) is 5.52 Å². The van der Waals surface area contributed by atoms with Crippen LogP contribution in [0, 0.1) is 11.3 Å². The molecular formula is C12H10N2. The quantitative estimate of drug-likeness (QED) is 0.587. The Hall–Kier alpha value is -2.14. The predicted molar refractivity (Wildman–Crippen MR) is 57.7 cm³/mol. The van der Waals surface area contributed by atoms with E-state index in [4.69, 9.17) is 5.26 Å². The maximum absolute atomic E-state index is 8.58. The van der Waals surface area contributed by atoms with E-state index in [0.717, 1.165) is 10.9 Å². The zero-order chi connectivity index (χ0) is 10.4. The molecule has 0 saturated heterocycles. The lowest BCUT2D eigenvalue weighted by Crippen LogP contribution is -1.82. The first kappa shape index (κ1) is 9.94. The predicted octanol–water partition coefficient (Wildman–Crippen LogP) is 2.91. The number of fused-ring (bicyclic) bond motifs is 1. The molecule has 0 aliphatic carbocycles. The summed E-state index contributed by atoms with van der Waals surface area (Å²) in [6.45, 7) is 6.00. The van der Waals surface area contributed by atoms with E-state index in [0.29, 0.717) is 5.69 Å². The molecular weight excluding hydrogens is 172 g/mol. The van der Waals surface area contributed by atoms with Crippen LogP contribution < -0.4 is 0 Å². The van der Waals surface area contributed by atoms with E-state index in [1.54, 1.807) is 6.07 Å². The third-order valence-electron chi connectivity index (χ3n) is 1.71. The Bertz CT molecular complexity index is 469. The highest BCUT2D eigenvalue weighted by atomic mass is 14.7. The van der Waals surface area contributed by atoms with Crippen LogP contribution in [-0.4, -0.2) is 4.98 Å². The van der Waals surface area contributed by atoms with Crippen molar-refractivity contribution in [1.82, 2.24) is 4.98 Å². The summed E-state index contributed by atoms with van der Waals surface area (Å²) >= 11 is 0. The lowest BCUT2D eigenvalue weighted by molar-refractivity contribution is 1.33. The van der Waals surface area contributed by atoms with E-state index < -0.39 is 0 Å². The van der Waals surface area contributed by atoms with Crippen LogP contribution in [0.3, 0.4) is 0 Å². The number of pyridine rings is 1. The van der Waals surface area contributed by atoms with Crippen molar-refractivity contribution >= 4 is 10.9 Å². The molecule has 0 aliphatic rings. The molecule has 0 unspecified atom stereocenters. The van der Waals surface area contributed by atoms with Crippen molar-refractivity contribution in [3.05, 3.63) is 55.3 Å². The Labute approximate surface area is 83.1 Å². The number of hydrogen-bond acceptors (Lipinski definition) is 2. The van der Waals surface area contributed by atoms with E-state index in [9.17, 15) is 0 Å². The summed E-state index contributed by atoms with van der Waals surface area (Å²) in [6.07, 6.45) is 0. The molecule has 68 valence electrons. The molecule has 0 radical (unpaired) electrons. The number of hydrogen-bond donors (Lipinski definition) is 0. The summed E-state index contributed by atoms with van der Waals surface area (Å²) in [6, 6.07) is 13.4. The standard InChI is InChI=1S/C10H6N2.C2H4/c11-7-9-6-5-8-3-1-2-4-10(8)12-9;1-2/h1-6H;1-2H2. The minimum Gasteiger partial charge on any atom is -0.237 e. The second-order valence-corrected chi connectivity index (χ2v) is 2.50. The van der Waals surface area contributed by atoms with Crippen molar-refractivity contribution in [1.29, 1.82) is 5.26 Å². The molecule has 1 aromatic heterocycles. The molecule has 0 aliphatic heterocycles. The summed E-state index contributed by atoms with van der Waals surface area (Å²) in [5, 5.41) is 9.65. The number of nitrogens with zero attached hydrogens (tertiary/aromatic N) is 2. The van der Waals surface area contributed by atoms with Crippen LogP contribution in [0.25, 0.3) is 10.9 Å². The van der Waals surface area contributed by atoms with Gasteiger partial charge in [-0.3, -0.25) is 0 Å². The number of para-hydroxylation sites is 1. The zero-order valence-corrected chi connectivity index (χ0v) is 7.77. The Morgan fingerprint density at radius 2 is 1.79 bits per heavy atom. The highest BCUT2D eigenvalue weighted by Crippen LogP contribution is 2.10. The highest BCUT2D eigenvalue weighted by molar-refractivity contribution is 5.78. The fourth-order valence-electron chi connectivity index (χ4n) is 1.13. The molecule has 2 aromatic rings. The van der Waals surface area contributed by atoms with Crippen LogP contribution in [0.4, 0.5) is 0 Å². The molecule has 2 rings (SSSR count). The Morgan fingerprint density at radius 1 is 1.07 bits per heavy atom. The van der Waals surface area contributed by atoms with Crippen LogP contribution in [0.1, 0.15) is 5.69 Å². The van der Waals surface area contributed by atoms with Crippen molar-refractivity contribution in [2.75, 3.05) is 0 Å². The Kier molecular flexibility index (Phi) is 3.40. The van der Waals surface area contributed by atoms with Gasteiger partial charge in [0, 0.05) is 5.39 Å². The molecule has 1 heterocycles. The van der Waals surface area contributed by atoms with Gasteiger partial charge in [0.2, 0.25) is 0 Å². The van der Waals surface area contributed by atoms with Crippen molar-refractivity contribution < 1.29 is 0 Å². The van der Waals surface area contributed by atoms with Crippen molar-refractivity contribution in [2.24, 2.45) is 0 Å². The first-order valence-corrected chi connectivity index (χ1v) is 4.16. The first-order valence-electron chi connectivity index (χ1n) is 4.16. The number of nitriles is 1. The average molecular weight is 182 g/mol. The van der Waals surface area contributed by atoms with Gasteiger partial charge in [-0.05, 0) is 18.2 Å².